The van der Waals surface area contributed by atoms with Gasteiger partial charge in [-0.25, -0.2) is 4.39 Å². The van der Waals surface area contributed by atoms with Gasteiger partial charge < -0.3 is 15.1 Å². The Morgan fingerprint density at radius 2 is 1.68 bits per heavy atom. The molecule has 28 heavy (non-hydrogen) atoms. The van der Waals surface area contributed by atoms with Crippen molar-refractivity contribution in [2.45, 2.75) is 13.5 Å². The maximum absolute atomic E-state index is 13.1. The lowest BCUT2D eigenvalue weighted by Crippen LogP contribution is -2.51. The van der Waals surface area contributed by atoms with Crippen LogP contribution in [0.4, 0.5) is 21.5 Å². The monoisotopic (exact) mass is 383 g/mol. The van der Waals surface area contributed by atoms with E-state index in [0.29, 0.717) is 50.6 Å². The molecule has 0 aliphatic carbocycles. The van der Waals surface area contributed by atoms with E-state index in [1.807, 2.05) is 22.6 Å². The predicted octanol–water partition coefficient (Wildman–Crippen LogP) is 1.37. The molecule has 3 aromatic rings. The molecule has 8 heteroatoms. The number of hydrogen-bond donors (Lipinski definition) is 1. The molecule has 0 atom stereocenters. The molecule has 146 valence electrons. The molecule has 1 fully saturated rings. The van der Waals surface area contributed by atoms with E-state index in [2.05, 4.69) is 15.3 Å². The number of aryl methyl sites for hydroxylation is 1. The summed E-state index contributed by atoms with van der Waals surface area (Å²) in [5.41, 5.74) is 2.02. The summed E-state index contributed by atoms with van der Waals surface area (Å²) in [7, 11) is 0. The zero-order chi connectivity index (χ0) is 19.7. The van der Waals surface area contributed by atoms with Crippen LogP contribution in [0.2, 0.25) is 0 Å². The van der Waals surface area contributed by atoms with E-state index in [1.54, 1.807) is 18.3 Å². The maximum atomic E-state index is 13.1. The van der Waals surface area contributed by atoms with Crippen LogP contribution >= 0.6 is 0 Å². The lowest BCUT2D eigenvalue weighted by Gasteiger charge is -2.38. The molecule has 1 aromatic heterocycles. The molecule has 0 bridgehead atoms. The predicted molar refractivity (Wildman–Crippen MR) is 108 cm³/mol. The highest BCUT2D eigenvalue weighted by Crippen LogP contribution is 2.23. The largest absolute Gasteiger partial charge is 0.378 e. The SMILES string of the molecule is Cc1ccnn1CCNc1c(N2CCN(c3ccc(F)cc3)CC2)c(=O)c1=O. The number of aromatic nitrogens is 2. The van der Waals surface area contributed by atoms with Crippen LogP contribution in [0.25, 0.3) is 0 Å². The molecule has 0 saturated carbocycles. The number of nitrogens with one attached hydrogen (secondary N) is 1. The number of halogens is 1. The Morgan fingerprint density at radius 1 is 1.00 bits per heavy atom. The summed E-state index contributed by atoms with van der Waals surface area (Å²) in [4.78, 5) is 28.3. The molecule has 1 saturated heterocycles. The van der Waals surface area contributed by atoms with Gasteiger partial charge >= 0.3 is 0 Å². The fourth-order valence-corrected chi connectivity index (χ4v) is 3.61. The second-order valence-corrected chi connectivity index (χ2v) is 6.95. The van der Waals surface area contributed by atoms with E-state index in [-0.39, 0.29) is 5.82 Å². The number of hydrogen-bond acceptors (Lipinski definition) is 6. The first kappa shape index (κ1) is 18.2. The second-order valence-electron chi connectivity index (χ2n) is 6.95. The Hall–Kier alpha value is -3.16. The third-order valence-corrected chi connectivity index (χ3v) is 5.23. The van der Waals surface area contributed by atoms with Crippen molar-refractivity contribution < 1.29 is 4.39 Å². The highest BCUT2D eigenvalue weighted by atomic mass is 19.1. The van der Waals surface area contributed by atoms with Crippen molar-refractivity contribution in [1.29, 1.82) is 0 Å². The van der Waals surface area contributed by atoms with Gasteiger partial charge in [0.15, 0.2) is 0 Å². The molecule has 7 nitrogen and oxygen atoms in total. The summed E-state index contributed by atoms with van der Waals surface area (Å²) in [5, 5.41) is 7.32. The summed E-state index contributed by atoms with van der Waals surface area (Å²) in [6, 6.07) is 8.33. The fraction of sp³-hybridized carbons (Fsp3) is 0.350. The quantitative estimate of drug-likeness (QED) is 0.649. The Balaban J connectivity index is 1.38. The van der Waals surface area contributed by atoms with Crippen molar-refractivity contribution in [3.05, 3.63) is 68.5 Å². The van der Waals surface area contributed by atoms with Crippen LogP contribution in [0, 0.1) is 12.7 Å². The van der Waals surface area contributed by atoms with Gasteiger partial charge in [0.25, 0.3) is 10.9 Å². The molecule has 1 aliphatic heterocycles. The molecule has 1 aliphatic rings. The highest BCUT2D eigenvalue weighted by molar-refractivity contribution is 5.75. The van der Waals surface area contributed by atoms with Gasteiger partial charge in [0.2, 0.25) is 0 Å². The number of piperazine rings is 1. The van der Waals surface area contributed by atoms with Gasteiger partial charge in [-0.2, -0.15) is 5.10 Å². The van der Waals surface area contributed by atoms with Crippen molar-refractivity contribution in [3.8, 4) is 0 Å². The first-order valence-electron chi connectivity index (χ1n) is 9.35. The molecule has 4 rings (SSSR count). The second kappa shape index (κ2) is 7.46. The normalized spacial score (nSPS) is 14.6. The van der Waals surface area contributed by atoms with Crippen LogP contribution < -0.4 is 26.0 Å². The molecule has 1 N–H and O–H groups in total. The van der Waals surface area contributed by atoms with Crippen LogP contribution in [0.5, 0.6) is 0 Å². The molecule has 2 heterocycles. The summed E-state index contributed by atoms with van der Waals surface area (Å²) in [5.74, 6) is -0.257. The summed E-state index contributed by atoms with van der Waals surface area (Å²) in [6.45, 7) is 5.79. The van der Waals surface area contributed by atoms with Crippen molar-refractivity contribution in [2.24, 2.45) is 0 Å². The van der Waals surface area contributed by atoms with Gasteiger partial charge in [-0.05, 0) is 37.3 Å². The first-order valence-corrected chi connectivity index (χ1v) is 9.35. The fourth-order valence-electron chi connectivity index (χ4n) is 3.61. The topological polar surface area (TPSA) is 70.5 Å². The van der Waals surface area contributed by atoms with Crippen molar-refractivity contribution >= 4 is 17.1 Å². The van der Waals surface area contributed by atoms with E-state index in [1.165, 1.54) is 12.1 Å². The molecular formula is C20H22FN5O2. The molecular weight excluding hydrogens is 361 g/mol. The van der Waals surface area contributed by atoms with Crippen LogP contribution in [-0.4, -0.2) is 42.5 Å². The van der Waals surface area contributed by atoms with Gasteiger partial charge in [-0.3, -0.25) is 14.3 Å². The van der Waals surface area contributed by atoms with Crippen LogP contribution in [0.1, 0.15) is 5.69 Å². The molecule has 0 radical (unpaired) electrons. The van der Waals surface area contributed by atoms with E-state index in [4.69, 9.17) is 0 Å². The standard InChI is InChI=1S/C20H22FN5O2/c1-14-6-7-23-26(14)9-8-22-17-18(20(28)19(17)27)25-12-10-24(11-13-25)16-4-2-15(21)3-5-16/h2-7,22H,8-13H2,1H3. The zero-order valence-electron chi connectivity index (χ0n) is 15.7. The number of anilines is 3. The van der Waals surface area contributed by atoms with Crippen molar-refractivity contribution in [2.75, 3.05) is 47.8 Å². The van der Waals surface area contributed by atoms with Crippen molar-refractivity contribution in [1.82, 2.24) is 9.78 Å². The lowest BCUT2D eigenvalue weighted by atomic mass is 10.1. The van der Waals surface area contributed by atoms with Gasteiger partial charge in [0, 0.05) is 50.3 Å². The molecule has 2 aromatic carbocycles. The zero-order valence-corrected chi connectivity index (χ0v) is 15.7. The number of rotatable bonds is 6. The minimum absolute atomic E-state index is 0.257. The first-order chi connectivity index (χ1) is 13.5. The molecule has 0 unspecified atom stereocenters. The number of nitrogens with zero attached hydrogens (tertiary/aromatic N) is 4. The van der Waals surface area contributed by atoms with Gasteiger partial charge in [-0.1, -0.05) is 0 Å². The highest BCUT2D eigenvalue weighted by Gasteiger charge is 2.28. The van der Waals surface area contributed by atoms with Crippen LogP contribution in [-0.2, 0) is 6.54 Å². The Kier molecular flexibility index (Phi) is 4.85. The summed E-state index contributed by atoms with van der Waals surface area (Å²) >= 11 is 0. The van der Waals surface area contributed by atoms with E-state index in [0.717, 1.165) is 11.4 Å². The third-order valence-electron chi connectivity index (χ3n) is 5.23. The van der Waals surface area contributed by atoms with Gasteiger partial charge in [0.05, 0.1) is 6.54 Å². The van der Waals surface area contributed by atoms with Crippen LogP contribution in [0.3, 0.4) is 0 Å². The molecule has 0 spiro atoms. The maximum Gasteiger partial charge on any atom is 0.253 e. The van der Waals surface area contributed by atoms with E-state index >= 15 is 0 Å². The summed E-state index contributed by atoms with van der Waals surface area (Å²) in [6.07, 6.45) is 1.73. The average Bonchev–Trinajstić information content (AvgIpc) is 3.12. The third kappa shape index (κ3) is 3.37. The van der Waals surface area contributed by atoms with Gasteiger partial charge in [0.1, 0.15) is 17.2 Å². The van der Waals surface area contributed by atoms with Crippen LogP contribution in [0.15, 0.2) is 46.1 Å². The van der Waals surface area contributed by atoms with E-state index < -0.39 is 10.9 Å². The lowest BCUT2D eigenvalue weighted by molar-refractivity contribution is 0.618. The van der Waals surface area contributed by atoms with E-state index in [9.17, 15) is 14.0 Å². The summed E-state index contributed by atoms with van der Waals surface area (Å²) < 4.78 is 14.9. The smallest absolute Gasteiger partial charge is 0.253 e. The van der Waals surface area contributed by atoms with Gasteiger partial charge in [-0.15, -0.1) is 0 Å². The Labute approximate surface area is 161 Å². The minimum atomic E-state index is -0.451. The molecule has 0 amide bonds. The minimum Gasteiger partial charge on any atom is -0.378 e. The Bertz CT molecular complexity index is 1030. The van der Waals surface area contributed by atoms with Crippen molar-refractivity contribution in [3.63, 3.8) is 0 Å². The average molecular weight is 383 g/mol. The Morgan fingerprint density at radius 3 is 2.32 bits per heavy atom. The number of benzene rings is 1.